The summed E-state index contributed by atoms with van der Waals surface area (Å²) in [7, 11) is 0. The summed E-state index contributed by atoms with van der Waals surface area (Å²) in [6.07, 6.45) is 12.1. The number of hydrogen-bond acceptors (Lipinski definition) is 4. The Morgan fingerprint density at radius 3 is 2.49 bits per heavy atom. The molecule has 37 heavy (non-hydrogen) atoms. The van der Waals surface area contributed by atoms with Crippen molar-refractivity contribution in [3.8, 4) is 5.75 Å². The van der Waals surface area contributed by atoms with Gasteiger partial charge in [0.05, 0.1) is 12.7 Å². The van der Waals surface area contributed by atoms with Gasteiger partial charge in [-0.05, 0) is 125 Å². The van der Waals surface area contributed by atoms with Crippen LogP contribution in [0.2, 0.25) is 5.02 Å². The molecule has 1 heterocycles. The van der Waals surface area contributed by atoms with Crippen LogP contribution in [0, 0.1) is 7.14 Å². The van der Waals surface area contributed by atoms with E-state index in [1.807, 2.05) is 30.5 Å². The molecule has 3 aromatic rings. The molecule has 1 fully saturated rings. The second-order valence-corrected chi connectivity index (χ2v) is 13.5. The van der Waals surface area contributed by atoms with Crippen LogP contribution < -0.4 is 10.1 Å². The number of rotatable bonds is 7. The number of hydrogen-bond donors (Lipinski definition) is 1. The molecular formula is C29H29ClI2N2O2S. The number of amides is 1. The van der Waals surface area contributed by atoms with Gasteiger partial charge in [0.25, 0.3) is 5.91 Å². The van der Waals surface area contributed by atoms with Crippen LogP contribution in [0.15, 0.2) is 41.4 Å². The maximum absolute atomic E-state index is 13.4. The van der Waals surface area contributed by atoms with Gasteiger partial charge < -0.3 is 10.1 Å². The average Bonchev–Trinajstić information content (AvgIpc) is 3.27. The van der Waals surface area contributed by atoms with E-state index < -0.39 is 0 Å². The quantitative estimate of drug-likeness (QED) is 0.194. The SMILES string of the molecule is O=C(NC1CCCCC1)c1c(N=Cc2cc(I)c(OCc3ccc(Cl)cc3)c(I)c2)sc2c1CCCC2. The van der Waals surface area contributed by atoms with Crippen molar-refractivity contribution in [1.29, 1.82) is 0 Å². The maximum Gasteiger partial charge on any atom is 0.254 e. The van der Waals surface area contributed by atoms with Crippen molar-refractivity contribution in [3.05, 3.63) is 75.7 Å². The summed E-state index contributed by atoms with van der Waals surface area (Å²) in [5.41, 5.74) is 4.11. The normalized spacial score (nSPS) is 16.1. The molecule has 5 rings (SSSR count). The molecule has 0 bridgehead atoms. The Labute approximate surface area is 254 Å². The largest absolute Gasteiger partial charge is 0.487 e. The smallest absolute Gasteiger partial charge is 0.254 e. The van der Waals surface area contributed by atoms with Gasteiger partial charge in [-0.25, -0.2) is 4.99 Å². The highest BCUT2D eigenvalue weighted by Crippen LogP contribution is 2.40. The van der Waals surface area contributed by atoms with Crippen LogP contribution in [0.4, 0.5) is 5.00 Å². The fraction of sp³-hybridized carbons (Fsp3) is 0.379. The van der Waals surface area contributed by atoms with Gasteiger partial charge in [0.15, 0.2) is 0 Å². The van der Waals surface area contributed by atoms with E-state index in [9.17, 15) is 4.79 Å². The summed E-state index contributed by atoms with van der Waals surface area (Å²) in [6, 6.07) is 12.2. The Hall–Kier alpha value is -1.17. The third-order valence-corrected chi connectivity index (χ3v) is 10.0. The standard InChI is InChI=1S/C29H29ClI2N2O2S/c30-20-12-10-18(11-13-20)17-36-27-23(31)14-19(15-24(27)32)16-33-29-26(22-8-4-5-9-25(22)37-29)28(35)34-21-6-2-1-3-7-21/h10-16,21H,1-9,17H2,(H,34,35). The number of aliphatic imine (C=N–C) groups is 1. The van der Waals surface area contributed by atoms with Gasteiger partial charge in [-0.15, -0.1) is 11.3 Å². The first-order valence-corrected chi connectivity index (χ1v) is 16.2. The van der Waals surface area contributed by atoms with Crippen molar-refractivity contribution in [2.75, 3.05) is 0 Å². The van der Waals surface area contributed by atoms with Gasteiger partial charge in [0, 0.05) is 22.2 Å². The van der Waals surface area contributed by atoms with Gasteiger partial charge in [-0.1, -0.05) is 43.0 Å². The Kier molecular flexibility index (Phi) is 9.47. The molecule has 0 aliphatic heterocycles. The van der Waals surface area contributed by atoms with Crippen molar-refractivity contribution < 1.29 is 9.53 Å². The summed E-state index contributed by atoms with van der Waals surface area (Å²) in [6.45, 7) is 0.483. The fourth-order valence-corrected chi connectivity index (χ4v) is 8.53. The van der Waals surface area contributed by atoms with E-state index >= 15 is 0 Å². The van der Waals surface area contributed by atoms with Crippen molar-refractivity contribution in [3.63, 3.8) is 0 Å². The second-order valence-electron chi connectivity index (χ2n) is 9.69. The monoisotopic (exact) mass is 758 g/mol. The molecule has 0 spiro atoms. The molecule has 0 saturated heterocycles. The minimum absolute atomic E-state index is 0.0635. The molecule has 4 nitrogen and oxygen atoms in total. The number of aryl methyl sites for hydroxylation is 1. The predicted octanol–water partition coefficient (Wildman–Crippen LogP) is 8.88. The third-order valence-electron chi connectivity index (χ3n) is 6.97. The van der Waals surface area contributed by atoms with Crippen molar-refractivity contribution in [2.45, 2.75) is 70.4 Å². The zero-order valence-electron chi connectivity index (χ0n) is 20.5. The van der Waals surface area contributed by atoms with Crippen LogP contribution in [-0.4, -0.2) is 18.2 Å². The number of ether oxygens (including phenoxy) is 1. The lowest BCUT2D eigenvalue weighted by atomic mass is 9.93. The van der Waals surface area contributed by atoms with Gasteiger partial charge in [0.2, 0.25) is 0 Å². The molecule has 0 radical (unpaired) electrons. The van der Waals surface area contributed by atoms with Crippen LogP contribution in [0.5, 0.6) is 5.75 Å². The van der Waals surface area contributed by atoms with Crippen LogP contribution in [0.1, 0.15) is 76.9 Å². The maximum atomic E-state index is 13.4. The highest BCUT2D eigenvalue weighted by molar-refractivity contribution is 14.1. The van der Waals surface area contributed by atoms with Gasteiger partial charge >= 0.3 is 0 Å². The van der Waals surface area contributed by atoms with Gasteiger partial charge in [0.1, 0.15) is 17.4 Å². The molecular weight excluding hydrogens is 730 g/mol. The highest BCUT2D eigenvalue weighted by Gasteiger charge is 2.27. The van der Waals surface area contributed by atoms with E-state index in [0.29, 0.717) is 12.6 Å². The molecule has 2 aliphatic rings. The number of fused-ring (bicyclic) bond motifs is 1. The number of carbonyl (C=O) groups is 1. The van der Waals surface area contributed by atoms with E-state index in [4.69, 9.17) is 21.3 Å². The summed E-state index contributed by atoms with van der Waals surface area (Å²) in [5.74, 6) is 0.931. The van der Waals surface area contributed by atoms with Gasteiger partial charge in [-0.3, -0.25) is 4.79 Å². The average molecular weight is 759 g/mol. The Balaban J connectivity index is 1.35. The van der Waals surface area contributed by atoms with Crippen LogP contribution in [0.3, 0.4) is 0 Å². The minimum atomic E-state index is 0.0635. The van der Waals surface area contributed by atoms with Crippen LogP contribution in [0.25, 0.3) is 0 Å². The van der Waals surface area contributed by atoms with Crippen molar-refractivity contribution in [2.24, 2.45) is 4.99 Å². The third kappa shape index (κ3) is 6.89. The summed E-state index contributed by atoms with van der Waals surface area (Å²) < 4.78 is 8.19. The van der Waals surface area contributed by atoms with E-state index in [-0.39, 0.29) is 5.91 Å². The zero-order chi connectivity index (χ0) is 25.8. The molecule has 1 amide bonds. The first-order valence-electron chi connectivity index (χ1n) is 12.8. The summed E-state index contributed by atoms with van der Waals surface area (Å²) in [4.78, 5) is 19.7. The van der Waals surface area contributed by atoms with Gasteiger partial charge in [-0.2, -0.15) is 0 Å². The number of nitrogens with zero attached hydrogens (tertiary/aromatic N) is 1. The molecule has 1 aromatic heterocycles. The summed E-state index contributed by atoms with van der Waals surface area (Å²) >= 11 is 12.3. The van der Waals surface area contributed by atoms with Crippen molar-refractivity contribution >= 4 is 85.2 Å². The first-order chi connectivity index (χ1) is 18.0. The Bertz CT molecular complexity index is 1280. The van der Waals surface area contributed by atoms with E-state index in [2.05, 4.69) is 62.6 Å². The van der Waals surface area contributed by atoms with Crippen LogP contribution in [-0.2, 0) is 19.4 Å². The number of carbonyl (C=O) groups excluding carboxylic acids is 1. The Morgan fingerprint density at radius 1 is 1.05 bits per heavy atom. The number of thiophene rings is 1. The second kappa shape index (κ2) is 12.8. The molecule has 0 unspecified atom stereocenters. The number of benzene rings is 2. The predicted molar refractivity (Wildman–Crippen MR) is 170 cm³/mol. The Morgan fingerprint density at radius 2 is 1.76 bits per heavy atom. The molecule has 0 atom stereocenters. The molecule has 1 saturated carbocycles. The lowest BCUT2D eigenvalue weighted by Crippen LogP contribution is -2.36. The topological polar surface area (TPSA) is 50.7 Å². The highest BCUT2D eigenvalue weighted by atomic mass is 127. The molecule has 8 heteroatoms. The van der Waals surface area contributed by atoms with Crippen molar-refractivity contribution in [1.82, 2.24) is 5.32 Å². The lowest BCUT2D eigenvalue weighted by molar-refractivity contribution is 0.0927. The number of halogens is 3. The lowest BCUT2D eigenvalue weighted by Gasteiger charge is -2.23. The van der Waals surface area contributed by atoms with E-state index in [0.717, 1.165) is 71.7 Å². The van der Waals surface area contributed by atoms with E-state index in [1.54, 1.807) is 11.3 Å². The molecule has 2 aliphatic carbocycles. The molecule has 194 valence electrons. The van der Waals surface area contributed by atoms with Crippen LogP contribution >= 0.6 is 68.1 Å². The zero-order valence-corrected chi connectivity index (χ0v) is 26.4. The first kappa shape index (κ1) is 27.4. The summed E-state index contributed by atoms with van der Waals surface area (Å²) in [5, 5.41) is 4.89. The molecule has 2 aromatic carbocycles. The van der Waals surface area contributed by atoms with E-state index in [1.165, 1.54) is 36.1 Å². The molecule has 1 N–H and O–H groups in total. The minimum Gasteiger partial charge on any atom is -0.487 e. The number of nitrogens with one attached hydrogen (secondary N) is 1. The fourth-order valence-electron chi connectivity index (χ4n) is 5.04.